The van der Waals surface area contributed by atoms with Gasteiger partial charge in [0.25, 0.3) is 0 Å². The molecule has 2 aromatic heterocycles. The van der Waals surface area contributed by atoms with Gasteiger partial charge in [-0.2, -0.15) is 0 Å². The maximum Gasteiger partial charge on any atom is 0.131 e. The largest absolute Gasteiger partial charge is 0.383 e. The Balaban J connectivity index is 0.908. The lowest BCUT2D eigenvalue weighted by Gasteiger charge is -2.21. The molecule has 0 bridgehead atoms. The van der Waals surface area contributed by atoms with Crippen molar-refractivity contribution in [2.24, 2.45) is 10.7 Å². The maximum absolute atomic E-state index is 6.92. The lowest BCUT2D eigenvalue weighted by Crippen LogP contribution is -2.18. The van der Waals surface area contributed by atoms with Crippen LogP contribution in [0.3, 0.4) is 0 Å². The van der Waals surface area contributed by atoms with Gasteiger partial charge in [-0.1, -0.05) is 179 Å². The first-order chi connectivity index (χ1) is 32.3. The summed E-state index contributed by atoms with van der Waals surface area (Å²) in [5, 5.41) is 4.97. The van der Waals surface area contributed by atoms with Gasteiger partial charge in [0.15, 0.2) is 0 Å². The van der Waals surface area contributed by atoms with Crippen LogP contribution in [0.2, 0.25) is 0 Å². The van der Waals surface area contributed by atoms with Crippen LogP contribution in [0.25, 0.3) is 82.9 Å². The average Bonchev–Trinajstić information content (AvgIpc) is 3.97. The molecule has 1 unspecified atom stereocenters. The lowest BCUT2D eigenvalue weighted by atomic mass is 9.82. The molecule has 2 heterocycles. The molecule has 0 saturated carbocycles. The Labute approximate surface area is 385 Å². The minimum atomic E-state index is -0.121. The Morgan fingerprint density at radius 1 is 0.485 bits per heavy atom. The quantitative estimate of drug-likeness (QED) is 0.120. The van der Waals surface area contributed by atoms with Crippen LogP contribution in [0.15, 0.2) is 223 Å². The number of aromatic nitrogens is 2. The molecule has 0 fully saturated rings. The van der Waals surface area contributed by atoms with Crippen molar-refractivity contribution in [1.29, 1.82) is 0 Å². The second kappa shape index (κ2) is 15.5. The molecule has 0 radical (unpaired) electrons. The number of amidine groups is 1. The molecule has 1 atom stereocenters. The molecule has 0 aliphatic heterocycles. The molecule has 12 rings (SSSR count). The van der Waals surface area contributed by atoms with E-state index in [1.54, 1.807) is 0 Å². The van der Waals surface area contributed by atoms with Crippen molar-refractivity contribution in [3.8, 4) is 33.6 Å². The number of nitrogens with two attached hydrogens (primary N) is 1. The first-order valence-electron chi connectivity index (χ1n) is 22.9. The zero-order valence-corrected chi connectivity index (χ0v) is 37.3. The zero-order chi connectivity index (χ0) is 44.5. The highest BCUT2D eigenvalue weighted by atomic mass is 15.0. The third kappa shape index (κ3) is 6.32. The van der Waals surface area contributed by atoms with Gasteiger partial charge >= 0.3 is 0 Å². The van der Waals surface area contributed by atoms with E-state index in [1.807, 2.05) is 6.07 Å². The van der Waals surface area contributed by atoms with Crippen molar-refractivity contribution in [2.75, 3.05) is 0 Å². The van der Waals surface area contributed by atoms with Gasteiger partial charge in [0.1, 0.15) is 5.84 Å². The average molecular weight is 849 g/mol. The minimum Gasteiger partial charge on any atom is -0.383 e. The van der Waals surface area contributed by atoms with E-state index in [0.717, 1.165) is 28.2 Å². The van der Waals surface area contributed by atoms with Crippen LogP contribution < -0.4 is 5.73 Å². The third-order valence-corrected chi connectivity index (χ3v) is 14.0. The lowest BCUT2D eigenvalue weighted by molar-refractivity contribution is 0.660. The second-order valence-electron chi connectivity index (χ2n) is 18.2. The number of nitrogens with zero attached hydrogens (tertiary/aromatic N) is 3. The highest BCUT2D eigenvalue weighted by Crippen LogP contribution is 2.49. The predicted octanol–water partition coefficient (Wildman–Crippen LogP) is 15.4. The first kappa shape index (κ1) is 39.4. The van der Waals surface area contributed by atoms with Crippen LogP contribution in [0.1, 0.15) is 54.5 Å². The van der Waals surface area contributed by atoms with E-state index >= 15 is 0 Å². The van der Waals surface area contributed by atoms with Crippen LogP contribution in [-0.4, -0.2) is 15.0 Å². The predicted molar refractivity (Wildman–Crippen MR) is 278 cm³/mol. The third-order valence-electron chi connectivity index (χ3n) is 14.0. The molecule has 0 saturated heterocycles. The molecule has 0 amide bonds. The molecule has 316 valence electrons. The van der Waals surface area contributed by atoms with Gasteiger partial charge in [0.05, 0.1) is 27.8 Å². The van der Waals surface area contributed by atoms with E-state index in [0.29, 0.717) is 5.84 Å². The summed E-state index contributed by atoms with van der Waals surface area (Å²) < 4.78 is 4.79. The van der Waals surface area contributed by atoms with Gasteiger partial charge in [-0.25, -0.2) is 4.99 Å². The smallest absolute Gasteiger partial charge is 0.131 e. The fourth-order valence-electron chi connectivity index (χ4n) is 10.7. The fraction of sp³-hybridized carbons (Fsp3) is 0.0806. The van der Waals surface area contributed by atoms with E-state index < -0.39 is 0 Å². The van der Waals surface area contributed by atoms with Gasteiger partial charge in [0, 0.05) is 49.8 Å². The summed E-state index contributed by atoms with van der Waals surface area (Å²) in [5.41, 5.74) is 25.5. The van der Waals surface area contributed by atoms with Gasteiger partial charge < -0.3 is 14.9 Å². The molecular weight excluding hydrogens is 801 g/mol. The summed E-state index contributed by atoms with van der Waals surface area (Å²) in [6.07, 6.45) is 2.24. The number of fused-ring (bicyclic) bond motifs is 9. The van der Waals surface area contributed by atoms with Gasteiger partial charge in [-0.05, 0) is 105 Å². The van der Waals surface area contributed by atoms with E-state index in [1.165, 1.54) is 82.6 Å². The Morgan fingerprint density at radius 3 is 1.86 bits per heavy atom. The summed E-state index contributed by atoms with van der Waals surface area (Å²) in [4.78, 5) is 5.16. The summed E-state index contributed by atoms with van der Waals surface area (Å²) in [5.74, 6) is 0.568. The Morgan fingerprint density at radius 2 is 1.08 bits per heavy atom. The Kier molecular flexibility index (Phi) is 9.25. The summed E-state index contributed by atoms with van der Waals surface area (Å²) in [6, 6.07) is 76.6. The number of para-hydroxylation sites is 3. The van der Waals surface area contributed by atoms with Crippen molar-refractivity contribution >= 4 is 55.1 Å². The van der Waals surface area contributed by atoms with Crippen molar-refractivity contribution in [2.45, 2.75) is 32.1 Å². The maximum atomic E-state index is 6.92. The summed E-state index contributed by atoms with van der Waals surface area (Å²) >= 11 is 0. The molecule has 1 aliphatic carbocycles. The van der Waals surface area contributed by atoms with Crippen LogP contribution in [0.5, 0.6) is 0 Å². The van der Waals surface area contributed by atoms with Crippen molar-refractivity contribution in [3.63, 3.8) is 0 Å². The van der Waals surface area contributed by atoms with Crippen molar-refractivity contribution in [1.82, 2.24) is 9.13 Å². The fourth-order valence-corrected chi connectivity index (χ4v) is 10.7. The Bertz CT molecular complexity index is 3730. The molecule has 4 heteroatoms. The number of hydrogen-bond donors (Lipinski definition) is 1. The topological polar surface area (TPSA) is 48.2 Å². The van der Waals surface area contributed by atoms with Crippen LogP contribution in [0.4, 0.5) is 0 Å². The monoisotopic (exact) mass is 848 g/mol. The molecule has 9 aromatic carbocycles. The molecular formula is C62H48N4. The van der Waals surface area contributed by atoms with E-state index in [9.17, 15) is 0 Å². The molecule has 0 spiro atoms. The first-order valence-corrected chi connectivity index (χ1v) is 22.9. The number of aliphatic imine (C=N–C) groups is 1. The van der Waals surface area contributed by atoms with Crippen LogP contribution in [-0.2, 0) is 5.41 Å². The van der Waals surface area contributed by atoms with E-state index in [2.05, 4.69) is 242 Å². The molecule has 66 heavy (non-hydrogen) atoms. The highest BCUT2D eigenvalue weighted by molar-refractivity contribution is 6.17. The molecule has 4 nitrogen and oxygen atoms in total. The summed E-state index contributed by atoms with van der Waals surface area (Å²) in [7, 11) is 0. The second-order valence-corrected chi connectivity index (χ2v) is 18.2. The SMILES string of the molecule is CC(/C=C(\N=C(N)c1ccc2c(c1)C(C)(C)c1ccccc1-2)c1ccccc1)c1ccc(-n2c3ccccc3c3c(-c4ccc5c(c4)c4ccccc4n5-c4ccccc4)cccc32)cc1. The van der Waals surface area contributed by atoms with Crippen molar-refractivity contribution < 1.29 is 0 Å². The number of benzene rings is 9. The van der Waals surface area contributed by atoms with Gasteiger partial charge in [-0.3, -0.25) is 0 Å². The standard InChI is InChI=1S/C62H48N4/c1-40(37-55(42-17-6-4-7-18-42)64-61(63)44-31-35-49-48-21-10-13-25-53(48)62(2,3)54(49)39-44)41-29-33-46(34-30-41)66-57-27-15-12-23-51(57)60-47(24-16-28-59(60)66)43-32-36-58-52(38-43)50-22-11-14-26-56(50)65(58)45-19-8-5-9-20-45/h4-40H,1-3H3,(H2,63,64)/b55-37-. The molecule has 11 aromatic rings. The molecule has 1 aliphatic rings. The number of rotatable bonds is 8. The zero-order valence-electron chi connectivity index (χ0n) is 37.3. The summed E-state index contributed by atoms with van der Waals surface area (Å²) in [6.45, 7) is 6.83. The minimum absolute atomic E-state index is 0.0618. The van der Waals surface area contributed by atoms with E-state index in [4.69, 9.17) is 10.7 Å². The normalized spacial score (nSPS) is 14.0. The van der Waals surface area contributed by atoms with Crippen LogP contribution in [0, 0.1) is 0 Å². The number of allylic oxidation sites excluding steroid dienone is 1. The van der Waals surface area contributed by atoms with Gasteiger partial charge in [-0.15, -0.1) is 0 Å². The van der Waals surface area contributed by atoms with Crippen molar-refractivity contribution in [3.05, 3.63) is 246 Å². The van der Waals surface area contributed by atoms with Crippen LogP contribution >= 0.6 is 0 Å². The molecule has 2 N–H and O–H groups in total. The number of hydrogen-bond acceptors (Lipinski definition) is 1. The Hall–Kier alpha value is -8.21. The highest BCUT2D eigenvalue weighted by Gasteiger charge is 2.35. The van der Waals surface area contributed by atoms with Gasteiger partial charge in [0.2, 0.25) is 0 Å². The van der Waals surface area contributed by atoms with E-state index in [-0.39, 0.29) is 11.3 Å².